The first-order valence-corrected chi connectivity index (χ1v) is 9.68. The summed E-state index contributed by atoms with van der Waals surface area (Å²) in [6, 6.07) is 19.1. The summed E-state index contributed by atoms with van der Waals surface area (Å²) >= 11 is 3.31. The summed E-state index contributed by atoms with van der Waals surface area (Å²) in [5.41, 5.74) is 2.30. The monoisotopic (exact) mass is 452 g/mol. The summed E-state index contributed by atoms with van der Waals surface area (Å²) in [6.07, 6.45) is 1.61. The topological polar surface area (TPSA) is 69.0 Å². The Morgan fingerprint density at radius 3 is 2.52 bits per heavy atom. The van der Waals surface area contributed by atoms with Gasteiger partial charge in [-0.15, -0.1) is 0 Å². The third kappa shape index (κ3) is 6.49. The number of benzene rings is 2. The fraction of sp³-hybridized carbons (Fsp3) is 0.136. The van der Waals surface area contributed by atoms with Crippen molar-refractivity contribution in [1.29, 1.82) is 5.26 Å². The molecule has 0 bridgehead atoms. The van der Waals surface area contributed by atoms with Crippen molar-refractivity contribution in [1.82, 2.24) is 9.88 Å². The van der Waals surface area contributed by atoms with Gasteiger partial charge < -0.3 is 5.32 Å². The Bertz CT molecular complexity index is 1020. The lowest BCUT2D eigenvalue weighted by molar-refractivity contribution is -0.117. The van der Waals surface area contributed by atoms with Crippen LogP contribution in [0.4, 0.5) is 10.2 Å². The van der Waals surface area contributed by atoms with Crippen molar-refractivity contribution in [3.05, 3.63) is 93.8 Å². The highest BCUT2D eigenvalue weighted by molar-refractivity contribution is 9.10. The molecule has 3 aromatic rings. The molecule has 0 radical (unpaired) electrons. The quantitative estimate of drug-likeness (QED) is 0.572. The van der Waals surface area contributed by atoms with E-state index in [9.17, 15) is 9.18 Å². The molecule has 7 heteroatoms. The minimum atomic E-state index is -0.315. The number of hydrogen-bond acceptors (Lipinski definition) is 4. The number of aromatic nitrogens is 1. The van der Waals surface area contributed by atoms with Crippen molar-refractivity contribution in [2.45, 2.75) is 13.1 Å². The van der Waals surface area contributed by atoms with E-state index in [1.54, 1.807) is 36.5 Å². The highest BCUT2D eigenvalue weighted by Crippen LogP contribution is 2.14. The number of rotatable bonds is 7. The molecule has 5 nitrogen and oxygen atoms in total. The summed E-state index contributed by atoms with van der Waals surface area (Å²) in [4.78, 5) is 18.6. The van der Waals surface area contributed by atoms with Crippen LogP contribution in [-0.2, 0) is 17.9 Å². The minimum Gasteiger partial charge on any atom is -0.310 e. The summed E-state index contributed by atoms with van der Waals surface area (Å²) in [5.74, 6) is -0.0727. The lowest BCUT2D eigenvalue weighted by Crippen LogP contribution is -2.32. The first-order chi connectivity index (χ1) is 14.0. The van der Waals surface area contributed by atoms with Crippen LogP contribution < -0.4 is 5.32 Å². The van der Waals surface area contributed by atoms with Crippen LogP contribution in [0.15, 0.2) is 71.3 Å². The molecule has 29 heavy (non-hydrogen) atoms. The molecule has 0 unspecified atom stereocenters. The Balaban J connectivity index is 1.72. The second kappa shape index (κ2) is 9.92. The number of halogens is 2. The normalized spacial score (nSPS) is 10.6. The van der Waals surface area contributed by atoms with Crippen LogP contribution in [0.2, 0.25) is 0 Å². The zero-order valence-corrected chi connectivity index (χ0v) is 17.1. The third-order valence-electron chi connectivity index (χ3n) is 4.15. The molecule has 1 N–H and O–H groups in total. The summed E-state index contributed by atoms with van der Waals surface area (Å²) in [5, 5.41) is 11.7. The molecule has 0 fully saturated rings. The van der Waals surface area contributed by atoms with E-state index in [-0.39, 0.29) is 18.3 Å². The molecule has 0 saturated carbocycles. The average Bonchev–Trinajstić information content (AvgIpc) is 2.70. The Morgan fingerprint density at radius 1 is 1.10 bits per heavy atom. The van der Waals surface area contributed by atoms with Crippen LogP contribution >= 0.6 is 15.9 Å². The molecule has 3 rings (SSSR count). The molecule has 146 valence electrons. The Labute approximate surface area is 176 Å². The van der Waals surface area contributed by atoms with Crippen LogP contribution in [-0.4, -0.2) is 22.3 Å². The average molecular weight is 453 g/mol. The number of nitriles is 1. The van der Waals surface area contributed by atoms with Crippen molar-refractivity contribution >= 4 is 27.7 Å². The summed E-state index contributed by atoms with van der Waals surface area (Å²) in [6.45, 7) is 0.983. The molecular weight excluding hydrogens is 435 g/mol. The third-order valence-corrected chi connectivity index (χ3v) is 4.62. The Morgan fingerprint density at radius 2 is 1.86 bits per heavy atom. The van der Waals surface area contributed by atoms with Gasteiger partial charge in [0.2, 0.25) is 5.91 Å². The number of anilines is 1. The number of nitrogens with zero attached hydrogens (tertiary/aromatic N) is 3. The maximum Gasteiger partial charge on any atom is 0.239 e. The first-order valence-electron chi connectivity index (χ1n) is 8.89. The number of carbonyl (C=O) groups is 1. The molecule has 1 heterocycles. The smallest absolute Gasteiger partial charge is 0.239 e. The van der Waals surface area contributed by atoms with Crippen LogP contribution in [0.25, 0.3) is 0 Å². The van der Waals surface area contributed by atoms with Crippen LogP contribution in [0.5, 0.6) is 0 Å². The summed E-state index contributed by atoms with van der Waals surface area (Å²) < 4.78 is 14.4. The molecule has 1 aromatic heterocycles. The zero-order valence-electron chi connectivity index (χ0n) is 15.5. The second-order valence-electron chi connectivity index (χ2n) is 6.49. The standard InChI is InChI=1S/C22H18BrFN4O/c23-19-8-9-21(26-12-19)27-22(29)15-28(14-18-2-1-3-20(24)10-18)13-17-6-4-16(11-25)5-7-17/h1-10,12H,13-15H2,(H,26,27,29). The largest absolute Gasteiger partial charge is 0.310 e. The van der Waals surface area contributed by atoms with E-state index in [0.717, 1.165) is 15.6 Å². The molecule has 0 aliphatic heterocycles. The van der Waals surface area contributed by atoms with Gasteiger partial charge in [0.05, 0.1) is 18.2 Å². The molecule has 0 saturated heterocycles. The van der Waals surface area contributed by atoms with Gasteiger partial charge in [0.1, 0.15) is 11.6 Å². The Hall–Kier alpha value is -3.08. The van der Waals surface area contributed by atoms with Crippen molar-refractivity contribution in [2.24, 2.45) is 0 Å². The maximum absolute atomic E-state index is 13.6. The van der Waals surface area contributed by atoms with E-state index in [4.69, 9.17) is 5.26 Å². The van der Waals surface area contributed by atoms with Gasteiger partial charge in [0.25, 0.3) is 0 Å². The predicted molar refractivity (Wildman–Crippen MR) is 112 cm³/mol. The maximum atomic E-state index is 13.6. The van der Waals surface area contributed by atoms with Gasteiger partial charge in [-0.25, -0.2) is 9.37 Å². The van der Waals surface area contributed by atoms with Gasteiger partial charge in [-0.2, -0.15) is 5.26 Å². The molecule has 0 aliphatic rings. The van der Waals surface area contributed by atoms with Gasteiger partial charge in [0.15, 0.2) is 0 Å². The lowest BCUT2D eigenvalue weighted by Gasteiger charge is -2.22. The predicted octanol–water partition coefficient (Wildman–Crippen LogP) is 4.50. The van der Waals surface area contributed by atoms with E-state index in [0.29, 0.717) is 24.5 Å². The number of pyridine rings is 1. The van der Waals surface area contributed by atoms with Crippen molar-refractivity contribution in [2.75, 3.05) is 11.9 Å². The van der Waals surface area contributed by atoms with Crippen LogP contribution in [0.3, 0.4) is 0 Å². The fourth-order valence-electron chi connectivity index (χ4n) is 2.84. The zero-order chi connectivity index (χ0) is 20.6. The van der Waals surface area contributed by atoms with E-state index < -0.39 is 0 Å². The van der Waals surface area contributed by atoms with Crippen LogP contribution in [0.1, 0.15) is 16.7 Å². The molecule has 0 spiro atoms. The number of nitrogens with one attached hydrogen (secondary N) is 1. The minimum absolute atomic E-state index is 0.105. The van der Waals surface area contributed by atoms with Crippen molar-refractivity contribution in [3.63, 3.8) is 0 Å². The van der Waals surface area contributed by atoms with Crippen molar-refractivity contribution < 1.29 is 9.18 Å². The fourth-order valence-corrected chi connectivity index (χ4v) is 3.07. The van der Waals surface area contributed by atoms with E-state index in [1.807, 2.05) is 23.1 Å². The SMILES string of the molecule is N#Cc1ccc(CN(CC(=O)Nc2ccc(Br)cn2)Cc2cccc(F)c2)cc1. The molecule has 0 aliphatic carbocycles. The molecule has 0 atom stereocenters. The van der Waals surface area contributed by atoms with Gasteiger partial charge in [-0.1, -0.05) is 24.3 Å². The van der Waals surface area contributed by atoms with Gasteiger partial charge in [-0.3, -0.25) is 9.69 Å². The first kappa shape index (κ1) is 20.6. The molecule has 1 amide bonds. The van der Waals surface area contributed by atoms with Gasteiger partial charge in [0, 0.05) is 23.8 Å². The van der Waals surface area contributed by atoms with E-state index in [2.05, 4.69) is 32.3 Å². The van der Waals surface area contributed by atoms with Gasteiger partial charge in [-0.05, 0) is 63.5 Å². The molecular formula is C22H18BrFN4O. The summed E-state index contributed by atoms with van der Waals surface area (Å²) in [7, 11) is 0. The number of hydrogen-bond donors (Lipinski definition) is 1. The highest BCUT2D eigenvalue weighted by Gasteiger charge is 2.13. The number of amides is 1. The van der Waals surface area contributed by atoms with E-state index >= 15 is 0 Å². The van der Waals surface area contributed by atoms with Gasteiger partial charge >= 0.3 is 0 Å². The lowest BCUT2D eigenvalue weighted by atomic mass is 10.1. The molecule has 2 aromatic carbocycles. The van der Waals surface area contributed by atoms with E-state index in [1.165, 1.54) is 12.1 Å². The highest BCUT2D eigenvalue weighted by atomic mass is 79.9. The Kier molecular flexibility index (Phi) is 7.06. The van der Waals surface area contributed by atoms with Crippen LogP contribution in [0, 0.1) is 17.1 Å². The second-order valence-corrected chi connectivity index (χ2v) is 7.41. The van der Waals surface area contributed by atoms with Crippen molar-refractivity contribution in [3.8, 4) is 6.07 Å². The number of carbonyl (C=O) groups excluding carboxylic acids is 1.